The number of halogens is 4. The molecule has 6 aliphatic heterocycles. The van der Waals surface area contributed by atoms with E-state index in [0.717, 1.165) is 39.0 Å². The highest BCUT2D eigenvalue weighted by Crippen LogP contribution is 2.42. The number of carbonyl (C=O) groups is 1. The normalized spacial score (nSPS) is 27.6. The maximum absolute atomic E-state index is 17.0. The van der Waals surface area contributed by atoms with Crippen LogP contribution >= 0.6 is 11.6 Å². The molecule has 10 rings (SSSR count). The van der Waals surface area contributed by atoms with E-state index >= 15 is 4.39 Å². The van der Waals surface area contributed by atoms with Crippen LogP contribution in [-0.2, 0) is 14.3 Å². The highest BCUT2D eigenvalue weighted by atomic mass is 35.5. The van der Waals surface area contributed by atoms with E-state index in [1.54, 1.807) is 30.3 Å². The van der Waals surface area contributed by atoms with Crippen molar-refractivity contribution in [2.75, 3.05) is 77.1 Å². The van der Waals surface area contributed by atoms with Gasteiger partial charge in [0.1, 0.15) is 41.2 Å². The first kappa shape index (κ1) is 35.3. The molecule has 0 N–H and O–H groups in total. The topological polar surface area (TPSA) is 96.4 Å². The molecule has 11 nitrogen and oxygen atoms in total. The van der Waals surface area contributed by atoms with E-state index in [1.165, 1.54) is 12.3 Å². The van der Waals surface area contributed by atoms with Gasteiger partial charge >= 0.3 is 6.01 Å². The monoisotopic (exact) mass is 775 g/mol. The fraction of sp³-hybridized carbons (Fsp3) is 0.500. The van der Waals surface area contributed by atoms with Crippen LogP contribution in [0.4, 0.5) is 19.0 Å². The first-order valence-electron chi connectivity index (χ1n) is 19.1. The van der Waals surface area contributed by atoms with Crippen molar-refractivity contribution < 1.29 is 32.2 Å². The van der Waals surface area contributed by atoms with Crippen LogP contribution in [0.25, 0.3) is 32.9 Å². The quantitative estimate of drug-likeness (QED) is 0.223. The van der Waals surface area contributed by atoms with Crippen molar-refractivity contribution in [1.29, 1.82) is 0 Å². The van der Waals surface area contributed by atoms with Crippen molar-refractivity contribution in [3.63, 3.8) is 0 Å². The van der Waals surface area contributed by atoms with Crippen LogP contribution in [0.3, 0.4) is 0 Å². The lowest BCUT2D eigenvalue weighted by Gasteiger charge is -2.55. The number of benzene rings is 2. The molecular weight excluding hydrogens is 735 g/mol. The number of piperazine rings is 1. The van der Waals surface area contributed by atoms with Gasteiger partial charge in [-0.2, -0.15) is 9.97 Å². The number of hydrogen-bond acceptors (Lipinski definition) is 10. The van der Waals surface area contributed by atoms with E-state index in [4.69, 9.17) is 30.8 Å². The summed E-state index contributed by atoms with van der Waals surface area (Å²) in [6.45, 7) is 5.52. The number of pyridine rings is 1. The number of rotatable bonds is 8. The first-order valence-corrected chi connectivity index (χ1v) is 19.5. The Balaban J connectivity index is 0.990. The lowest BCUT2D eigenvalue weighted by molar-refractivity contribution is -0.164. The van der Waals surface area contributed by atoms with Crippen LogP contribution < -0.4 is 9.64 Å². The second-order valence-electron chi connectivity index (χ2n) is 16.0. The molecular formula is C40H41ClF3N7O4. The van der Waals surface area contributed by atoms with Gasteiger partial charge in [-0.3, -0.25) is 19.6 Å². The average molecular weight is 776 g/mol. The number of morpholine rings is 1. The lowest BCUT2D eigenvalue weighted by Crippen LogP contribution is -2.72. The molecule has 15 heteroatoms. The van der Waals surface area contributed by atoms with Gasteiger partial charge in [0.05, 0.1) is 41.9 Å². The van der Waals surface area contributed by atoms with Gasteiger partial charge in [-0.15, -0.1) is 0 Å². The third-order valence-electron chi connectivity index (χ3n) is 12.6. The van der Waals surface area contributed by atoms with Crippen LogP contribution in [0, 0.1) is 11.6 Å². The summed E-state index contributed by atoms with van der Waals surface area (Å²) in [7, 11) is 0. The summed E-state index contributed by atoms with van der Waals surface area (Å²) in [5, 5.41) is 1.20. The van der Waals surface area contributed by atoms with Crippen molar-refractivity contribution in [2.24, 2.45) is 0 Å². The maximum Gasteiger partial charge on any atom is 0.319 e. The molecule has 0 unspecified atom stereocenters. The summed E-state index contributed by atoms with van der Waals surface area (Å²) in [6, 6.07) is 8.41. The Morgan fingerprint density at radius 2 is 2.00 bits per heavy atom. The molecule has 0 radical (unpaired) electrons. The molecule has 1 spiro atoms. The van der Waals surface area contributed by atoms with E-state index in [1.807, 2.05) is 15.9 Å². The molecule has 55 heavy (non-hydrogen) atoms. The van der Waals surface area contributed by atoms with Gasteiger partial charge in [0, 0.05) is 75.0 Å². The van der Waals surface area contributed by atoms with Crippen molar-refractivity contribution in [3.8, 4) is 17.3 Å². The van der Waals surface area contributed by atoms with Crippen LogP contribution in [0.15, 0.2) is 48.7 Å². The molecule has 8 heterocycles. The summed E-state index contributed by atoms with van der Waals surface area (Å²) < 4.78 is 64.1. The van der Waals surface area contributed by atoms with Crippen LogP contribution in [-0.4, -0.2) is 137 Å². The van der Waals surface area contributed by atoms with E-state index in [2.05, 4.69) is 19.8 Å². The van der Waals surface area contributed by atoms with Crippen molar-refractivity contribution in [2.45, 2.75) is 55.1 Å². The minimum atomic E-state index is -0.944. The molecule has 288 valence electrons. The van der Waals surface area contributed by atoms with Gasteiger partial charge in [0.2, 0.25) is 5.91 Å². The van der Waals surface area contributed by atoms with Crippen LogP contribution in [0.2, 0.25) is 5.02 Å². The van der Waals surface area contributed by atoms with E-state index < -0.39 is 28.9 Å². The minimum Gasteiger partial charge on any atom is -0.461 e. The van der Waals surface area contributed by atoms with Gasteiger partial charge in [-0.1, -0.05) is 41.9 Å². The summed E-state index contributed by atoms with van der Waals surface area (Å²) in [6.07, 6.45) is 7.61. The Morgan fingerprint density at radius 1 is 1.11 bits per heavy atom. The Labute approximate surface area is 321 Å². The van der Waals surface area contributed by atoms with Gasteiger partial charge in [0.25, 0.3) is 0 Å². The molecule has 0 aliphatic carbocycles. The SMILES string of the molecule is O=C(/C=C/CN1C[C@H]2C[C@@H]1CO2)N1CCN(c2nc(OC[C@@]34CCCN3C[C@H](F)C4)nc3c(F)c(-c4cccc5ccc(F)c(Cl)c45)ncc23)CC12COC2. The number of anilines is 1. The largest absolute Gasteiger partial charge is 0.461 e. The van der Waals surface area contributed by atoms with Gasteiger partial charge in [-0.05, 0) is 37.3 Å². The number of amides is 1. The van der Waals surface area contributed by atoms with E-state index in [-0.39, 0.29) is 34.8 Å². The van der Waals surface area contributed by atoms with Crippen LogP contribution in [0.1, 0.15) is 25.7 Å². The fourth-order valence-corrected chi connectivity index (χ4v) is 10.1. The highest BCUT2D eigenvalue weighted by molar-refractivity contribution is 6.36. The molecule has 6 fully saturated rings. The molecule has 6 aliphatic rings. The fourth-order valence-electron chi connectivity index (χ4n) is 9.84. The second-order valence-corrected chi connectivity index (χ2v) is 16.3. The standard InChI is InChI=1S/C40H41ClF3N7O4/c41-33-30(43)8-7-24-4-1-5-28(32(24)33)35-34(44)36-29(16-45-35)37(47-38(46-36)55-23-39-9-3-11-50(39)17-25(42)15-39)49-12-13-51(40(20-49)21-53-22-40)31(52)6-2-10-48-18-27-14-26(48)19-54-27/h1-2,4-8,16,25-27H,3,9-15,17-23H2/b6-2+/t25-,26-,27-,39+/m1/s1. The average Bonchev–Trinajstić information content (AvgIpc) is 3.96. The smallest absolute Gasteiger partial charge is 0.319 e. The number of fused-ring (bicyclic) bond motifs is 5. The van der Waals surface area contributed by atoms with E-state index in [0.29, 0.717) is 92.0 Å². The van der Waals surface area contributed by atoms with Gasteiger partial charge in [-0.25, -0.2) is 13.2 Å². The Hall–Kier alpha value is -4.08. The molecule has 1 amide bonds. The molecule has 2 bridgehead atoms. The molecule has 4 aromatic rings. The number of hydrogen-bond donors (Lipinski definition) is 0. The number of ether oxygens (including phenoxy) is 3. The zero-order valence-electron chi connectivity index (χ0n) is 30.2. The second kappa shape index (κ2) is 13.5. The van der Waals surface area contributed by atoms with Crippen molar-refractivity contribution in [3.05, 3.63) is 65.3 Å². The maximum atomic E-state index is 17.0. The number of nitrogens with zero attached hydrogens (tertiary/aromatic N) is 7. The first-order chi connectivity index (χ1) is 26.7. The Kier molecular flexibility index (Phi) is 8.70. The zero-order chi connectivity index (χ0) is 37.5. The predicted octanol–water partition coefficient (Wildman–Crippen LogP) is 5.18. The van der Waals surface area contributed by atoms with Crippen LogP contribution in [0.5, 0.6) is 6.01 Å². The number of aromatic nitrogens is 3. The van der Waals surface area contributed by atoms with Gasteiger partial charge < -0.3 is 24.0 Å². The highest BCUT2D eigenvalue weighted by Gasteiger charge is 2.51. The summed E-state index contributed by atoms with van der Waals surface area (Å²) in [5.41, 5.74) is -0.832. The summed E-state index contributed by atoms with van der Waals surface area (Å²) >= 11 is 6.45. The minimum absolute atomic E-state index is 0.0218. The van der Waals surface area contributed by atoms with Crippen molar-refractivity contribution in [1.82, 2.24) is 29.7 Å². The zero-order valence-corrected chi connectivity index (χ0v) is 31.0. The van der Waals surface area contributed by atoms with Crippen molar-refractivity contribution >= 4 is 45.0 Å². The predicted molar refractivity (Wildman–Crippen MR) is 200 cm³/mol. The molecule has 2 aromatic carbocycles. The summed E-state index contributed by atoms with van der Waals surface area (Å²) in [5.74, 6) is -1.02. The van der Waals surface area contributed by atoms with E-state index in [9.17, 15) is 13.6 Å². The third-order valence-corrected chi connectivity index (χ3v) is 13.0. The molecule has 2 aromatic heterocycles. The Bertz CT molecular complexity index is 2230. The number of carbonyl (C=O) groups excluding carboxylic acids is 1. The van der Waals surface area contributed by atoms with Gasteiger partial charge in [0.15, 0.2) is 5.82 Å². The molecule has 4 atom stereocenters. The number of likely N-dealkylation sites (tertiary alicyclic amines) is 1. The third kappa shape index (κ3) is 5.94. The summed E-state index contributed by atoms with van der Waals surface area (Å²) in [4.78, 5) is 36.1. The molecule has 6 saturated heterocycles. The molecule has 0 saturated carbocycles. The number of alkyl halides is 1. The Morgan fingerprint density at radius 3 is 2.80 bits per heavy atom. The lowest BCUT2D eigenvalue weighted by atomic mass is 9.91.